The molecule has 8 nitrogen and oxygen atoms in total. The van der Waals surface area contributed by atoms with E-state index in [1.165, 1.54) is 29.1 Å². The summed E-state index contributed by atoms with van der Waals surface area (Å²) in [4.78, 5) is 13.2. The molecule has 1 heterocycles. The van der Waals surface area contributed by atoms with Gasteiger partial charge >= 0.3 is 5.97 Å². The molecule has 0 saturated carbocycles. The Balaban J connectivity index is 1.79. The van der Waals surface area contributed by atoms with E-state index >= 15 is 0 Å². The van der Waals surface area contributed by atoms with Gasteiger partial charge in [-0.2, -0.15) is 4.80 Å². The number of ether oxygens (including phenoxy) is 1. The Morgan fingerprint density at radius 1 is 1.32 bits per heavy atom. The first-order valence-corrected chi connectivity index (χ1v) is 8.74. The van der Waals surface area contributed by atoms with Gasteiger partial charge in [0.25, 0.3) is 0 Å². The Labute approximate surface area is 162 Å². The lowest BCUT2D eigenvalue weighted by Crippen LogP contribution is -2.22. The molecule has 0 amide bonds. The Bertz CT molecular complexity index is 833. The van der Waals surface area contributed by atoms with Gasteiger partial charge < -0.3 is 14.9 Å². The summed E-state index contributed by atoms with van der Waals surface area (Å²) >= 11 is 0. The Hall–Kier alpha value is -2.91. The van der Waals surface area contributed by atoms with Crippen LogP contribution in [0.3, 0.4) is 0 Å². The summed E-state index contributed by atoms with van der Waals surface area (Å²) in [7, 11) is 0. The van der Waals surface area contributed by atoms with Gasteiger partial charge in [0.15, 0.2) is 0 Å². The summed E-state index contributed by atoms with van der Waals surface area (Å²) < 4.78 is 17.8. The number of nitrogens with zero attached hydrogens (tertiary/aromatic N) is 4. The number of aliphatic hydroxyl groups is 2. The van der Waals surface area contributed by atoms with Gasteiger partial charge in [-0.3, -0.25) is 4.79 Å². The highest BCUT2D eigenvalue weighted by molar-refractivity contribution is 5.72. The van der Waals surface area contributed by atoms with Crippen molar-refractivity contribution in [1.82, 2.24) is 20.2 Å². The van der Waals surface area contributed by atoms with Gasteiger partial charge in [0.1, 0.15) is 11.6 Å². The number of hydrogen-bond acceptors (Lipinski definition) is 7. The standard InChI is InChI=1S/C19H23FN4O4/c1-12(2)24-22-19(21-23-24)13(3)4-7-15(25)10-16(26)11-18(27)28-17-8-5-14(20)6-9-17/h4-9,12,15-16,25-26H,3,10-11H2,1-2H3. The predicted molar refractivity (Wildman–Crippen MR) is 99.7 cm³/mol. The van der Waals surface area contributed by atoms with Crippen molar-refractivity contribution in [3.8, 4) is 5.75 Å². The molecule has 1 aromatic heterocycles. The fourth-order valence-electron chi connectivity index (χ4n) is 2.18. The number of esters is 1. The van der Waals surface area contributed by atoms with Gasteiger partial charge in [-0.1, -0.05) is 18.7 Å². The van der Waals surface area contributed by atoms with Crippen molar-refractivity contribution in [2.75, 3.05) is 0 Å². The predicted octanol–water partition coefficient (Wildman–Crippen LogP) is 2.07. The molecule has 0 saturated heterocycles. The SMILES string of the molecule is C=C(C=CC(O)CC(O)CC(=O)Oc1ccc(F)cc1)c1nnn(C(C)C)n1. The lowest BCUT2D eigenvalue weighted by atomic mass is 10.1. The maximum absolute atomic E-state index is 12.8. The van der Waals surface area contributed by atoms with E-state index < -0.39 is 24.0 Å². The van der Waals surface area contributed by atoms with E-state index in [0.29, 0.717) is 11.4 Å². The first-order valence-electron chi connectivity index (χ1n) is 8.74. The molecule has 0 aliphatic heterocycles. The van der Waals surface area contributed by atoms with E-state index in [1.54, 1.807) is 0 Å². The van der Waals surface area contributed by atoms with Crippen molar-refractivity contribution in [2.24, 2.45) is 0 Å². The summed E-state index contributed by atoms with van der Waals surface area (Å²) in [6.45, 7) is 7.64. The average molecular weight is 390 g/mol. The third-order valence-corrected chi connectivity index (χ3v) is 3.66. The minimum absolute atomic E-state index is 0.0634. The molecule has 0 fully saturated rings. The number of carbonyl (C=O) groups excluding carboxylic acids is 1. The number of tetrazole rings is 1. The van der Waals surface area contributed by atoms with Gasteiger partial charge in [0.2, 0.25) is 5.82 Å². The fraction of sp³-hybridized carbons (Fsp3) is 0.368. The molecule has 2 atom stereocenters. The normalized spacial score (nSPS) is 13.6. The highest BCUT2D eigenvalue weighted by atomic mass is 19.1. The Morgan fingerprint density at radius 3 is 2.61 bits per heavy atom. The molecule has 0 bridgehead atoms. The topological polar surface area (TPSA) is 110 Å². The zero-order valence-electron chi connectivity index (χ0n) is 15.7. The summed E-state index contributed by atoms with van der Waals surface area (Å²) in [5, 5.41) is 31.9. The lowest BCUT2D eigenvalue weighted by Gasteiger charge is -2.12. The fourth-order valence-corrected chi connectivity index (χ4v) is 2.18. The summed E-state index contributed by atoms with van der Waals surface area (Å²) in [6.07, 6.45) is 0.441. The second kappa shape index (κ2) is 9.86. The molecule has 0 radical (unpaired) electrons. The molecular weight excluding hydrogens is 367 g/mol. The third-order valence-electron chi connectivity index (χ3n) is 3.66. The van der Waals surface area contributed by atoms with Crippen LogP contribution in [0.25, 0.3) is 5.57 Å². The number of halogens is 1. The summed E-state index contributed by atoms with van der Waals surface area (Å²) in [6, 6.07) is 5.01. The largest absolute Gasteiger partial charge is 0.426 e. The molecule has 0 spiro atoms. The maximum Gasteiger partial charge on any atom is 0.313 e. The van der Waals surface area contributed by atoms with Crippen LogP contribution < -0.4 is 4.74 Å². The minimum Gasteiger partial charge on any atom is -0.426 e. The van der Waals surface area contributed by atoms with E-state index in [0.717, 1.165) is 12.1 Å². The van der Waals surface area contributed by atoms with Gasteiger partial charge in [-0.05, 0) is 43.3 Å². The number of hydrogen-bond donors (Lipinski definition) is 2. The number of aliphatic hydroxyl groups excluding tert-OH is 2. The molecule has 28 heavy (non-hydrogen) atoms. The lowest BCUT2D eigenvalue weighted by molar-refractivity contribution is -0.136. The van der Waals surface area contributed by atoms with E-state index in [2.05, 4.69) is 22.0 Å². The van der Waals surface area contributed by atoms with Crippen molar-refractivity contribution < 1.29 is 24.1 Å². The molecule has 0 aliphatic carbocycles. The Morgan fingerprint density at radius 2 is 2.00 bits per heavy atom. The van der Waals surface area contributed by atoms with Crippen LogP contribution in [-0.2, 0) is 4.79 Å². The van der Waals surface area contributed by atoms with Crippen LogP contribution in [0.1, 0.15) is 38.6 Å². The summed E-state index contributed by atoms with van der Waals surface area (Å²) in [5.74, 6) is -0.620. The van der Waals surface area contributed by atoms with E-state index in [1.807, 2.05) is 13.8 Å². The Kier molecular flexibility index (Phi) is 7.53. The molecular formula is C19H23FN4O4. The van der Waals surface area contributed by atoms with E-state index in [-0.39, 0.29) is 24.6 Å². The van der Waals surface area contributed by atoms with Crippen LogP contribution >= 0.6 is 0 Å². The smallest absolute Gasteiger partial charge is 0.313 e. The molecule has 1 aromatic carbocycles. The second-order valence-corrected chi connectivity index (χ2v) is 6.50. The van der Waals surface area contributed by atoms with Crippen LogP contribution in [0.4, 0.5) is 4.39 Å². The molecule has 2 aromatic rings. The number of rotatable bonds is 9. The molecule has 2 N–H and O–H groups in total. The van der Waals surface area contributed by atoms with Crippen LogP contribution in [-0.4, -0.2) is 48.6 Å². The average Bonchev–Trinajstić information content (AvgIpc) is 3.12. The molecule has 150 valence electrons. The number of benzene rings is 1. The maximum atomic E-state index is 12.8. The van der Waals surface area contributed by atoms with Crippen LogP contribution in [0.2, 0.25) is 0 Å². The van der Waals surface area contributed by atoms with Crippen LogP contribution in [0.15, 0.2) is 43.0 Å². The van der Waals surface area contributed by atoms with Gasteiger partial charge in [-0.15, -0.1) is 10.2 Å². The number of allylic oxidation sites excluding steroid dienone is 2. The van der Waals surface area contributed by atoms with Crippen LogP contribution in [0, 0.1) is 5.82 Å². The first-order chi connectivity index (χ1) is 13.2. The monoisotopic (exact) mass is 390 g/mol. The van der Waals surface area contributed by atoms with Gasteiger partial charge in [0, 0.05) is 12.0 Å². The summed E-state index contributed by atoms with van der Waals surface area (Å²) in [5.41, 5.74) is 0.455. The highest BCUT2D eigenvalue weighted by Gasteiger charge is 2.16. The van der Waals surface area contributed by atoms with Crippen molar-refractivity contribution in [1.29, 1.82) is 0 Å². The molecule has 9 heteroatoms. The van der Waals surface area contributed by atoms with Crippen molar-refractivity contribution in [3.63, 3.8) is 0 Å². The molecule has 0 aliphatic rings. The van der Waals surface area contributed by atoms with Crippen LogP contribution in [0.5, 0.6) is 5.75 Å². The first kappa shape index (κ1) is 21.4. The highest BCUT2D eigenvalue weighted by Crippen LogP contribution is 2.14. The quantitative estimate of drug-likeness (QED) is 0.383. The molecule has 2 rings (SSSR count). The minimum atomic E-state index is -1.11. The number of carbonyl (C=O) groups is 1. The van der Waals surface area contributed by atoms with Gasteiger partial charge in [0.05, 0.1) is 24.7 Å². The number of aromatic nitrogens is 4. The zero-order valence-corrected chi connectivity index (χ0v) is 15.7. The van der Waals surface area contributed by atoms with E-state index in [9.17, 15) is 19.4 Å². The van der Waals surface area contributed by atoms with Gasteiger partial charge in [-0.25, -0.2) is 4.39 Å². The zero-order chi connectivity index (χ0) is 20.7. The van der Waals surface area contributed by atoms with Crippen molar-refractivity contribution in [3.05, 3.63) is 54.6 Å². The third kappa shape index (κ3) is 6.67. The van der Waals surface area contributed by atoms with E-state index in [4.69, 9.17) is 4.74 Å². The molecule has 2 unspecified atom stereocenters. The van der Waals surface area contributed by atoms with Crippen molar-refractivity contribution >= 4 is 11.5 Å². The van der Waals surface area contributed by atoms with Crippen molar-refractivity contribution in [2.45, 2.75) is 44.9 Å². The second-order valence-electron chi connectivity index (χ2n) is 6.50.